The molecule has 0 fully saturated rings. The molecule has 0 aliphatic carbocycles. The monoisotopic (exact) mass is 301 g/mol. The van der Waals surface area contributed by atoms with Crippen LogP contribution in [0.3, 0.4) is 0 Å². The Morgan fingerprint density at radius 2 is 1.95 bits per heavy atom. The highest BCUT2D eigenvalue weighted by molar-refractivity contribution is 5.18. The van der Waals surface area contributed by atoms with E-state index in [4.69, 9.17) is 10.5 Å². The summed E-state index contributed by atoms with van der Waals surface area (Å²) >= 11 is 0. The SMILES string of the molecule is CCCCn1c(N)nc(OCC)nc1=NCc1ccccc1. The van der Waals surface area contributed by atoms with Crippen molar-refractivity contribution in [3.8, 4) is 6.01 Å². The summed E-state index contributed by atoms with van der Waals surface area (Å²) < 4.78 is 7.21. The molecule has 6 nitrogen and oxygen atoms in total. The van der Waals surface area contributed by atoms with Crippen molar-refractivity contribution in [2.24, 2.45) is 4.99 Å². The molecule has 0 spiro atoms. The van der Waals surface area contributed by atoms with E-state index in [1.807, 2.05) is 41.8 Å². The minimum Gasteiger partial charge on any atom is -0.464 e. The van der Waals surface area contributed by atoms with E-state index in [2.05, 4.69) is 21.9 Å². The van der Waals surface area contributed by atoms with Gasteiger partial charge in [-0.2, -0.15) is 9.97 Å². The molecule has 0 aliphatic rings. The van der Waals surface area contributed by atoms with Gasteiger partial charge in [0.2, 0.25) is 11.6 Å². The lowest BCUT2D eigenvalue weighted by molar-refractivity contribution is 0.307. The molecule has 2 aromatic rings. The topological polar surface area (TPSA) is 78.3 Å². The third kappa shape index (κ3) is 4.31. The average molecular weight is 301 g/mol. The van der Waals surface area contributed by atoms with Crippen molar-refractivity contribution in [1.82, 2.24) is 14.5 Å². The maximum absolute atomic E-state index is 6.03. The summed E-state index contributed by atoms with van der Waals surface area (Å²) in [4.78, 5) is 13.1. The van der Waals surface area contributed by atoms with Gasteiger partial charge in [0.1, 0.15) is 0 Å². The van der Waals surface area contributed by atoms with Crippen LogP contribution in [0.5, 0.6) is 6.01 Å². The van der Waals surface area contributed by atoms with E-state index in [0.29, 0.717) is 24.7 Å². The van der Waals surface area contributed by atoms with Crippen molar-refractivity contribution < 1.29 is 4.74 Å². The molecule has 0 atom stereocenters. The van der Waals surface area contributed by atoms with Crippen LogP contribution < -0.4 is 16.1 Å². The number of anilines is 1. The first-order chi connectivity index (χ1) is 10.7. The standard InChI is InChI=1S/C16H23N5O/c1-3-5-11-21-14(17)19-16(22-4-2)20-15(21)18-12-13-9-7-6-8-10-13/h6-10H,3-5,11-12H2,1-2H3,(H2,17,18,19,20). The number of hydrogen-bond acceptors (Lipinski definition) is 5. The summed E-state index contributed by atoms with van der Waals surface area (Å²) in [6.07, 6.45) is 2.07. The lowest BCUT2D eigenvalue weighted by Crippen LogP contribution is -2.29. The van der Waals surface area contributed by atoms with Crippen LogP contribution in [-0.4, -0.2) is 21.1 Å². The fourth-order valence-electron chi connectivity index (χ4n) is 2.02. The smallest absolute Gasteiger partial charge is 0.322 e. The zero-order valence-corrected chi connectivity index (χ0v) is 13.2. The number of nitrogens with zero attached hydrogens (tertiary/aromatic N) is 4. The number of ether oxygens (including phenoxy) is 1. The van der Waals surface area contributed by atoms with Gasteiger partial charge in [-0.3, -0.25) is 4.57 Å². The van der Waals surface area contributed by atoms with Crippen LogP contribution in [0.15, 0.2) is 35.3 Å². The fraction of sp³-hybridized carbons (Fsp3) is 0.438. The van der Waals surface area contributed by atoms with Crippen LogP contribution in [0.2, 0.25) is 0 Å². The molecule has 0 unspecified atom stereocenters. The van der Waals surface area contributed by atoms with Gasteiger partial charge in [0.25, 0.3) is 0 Å². The van der Waals surface area contributed by atoms with Gasteiger partial charge in [0, 0.05) is 6.54 Å². The molecule has 0 aliphatic heterocycles. The van der Waals surface area contributed by atoms with E-state index >= 15 is 0 Å². The Morgan fingerprint density at radius 3 is 2.64 bits per heavy atom. The van der Waals surface area contributed by atoms with Gasteiger partial charge in [-0.1, -0.05) is 43.7 Å². The van der Waals surface area contributed by atoms with E-state index in [0.717, 1.165) is 24.9 Å². The first kappa shape index (κ1) is 16.0. The van der Waals surface area contributed by atoms with Crippen LogP contribution in [0.25, 0.3) is 0 Å². The molecular formula is C16H23N5O. The molecule has 2 rings (SSSR count). The maximum atomic E-state index is 6.03. The second kappa shape index (κ2) is 8.17. The molecule has 0 amide bonds. The van der Waals surface area contributed by atoms with E-state index < -0.39 is 0 Å². The van der Waals surface area contributed by atoms with E-state index in [1.165, 1.54) is 0 Å². The number of rotatable bonds is 7. The zero-order chi connectivity index (χ0) is 15.8. The highest BCUT2D eigenvalue weighted by Crippen LogP contribution is 2.05. The normalized spacial score (nSPS) is 11.6. The average Bonchev–Trinajstić information content (AvgIpc) is 2.53. The Labute approximate surface area is 130 Å². The molecule has 0 radical (unpaired) electrons. The summed E-state index contributed by atoms with van der Waals surface area (Å²) in [7, 11) is 0. The number of benzene rings is 1. The maximum Gasteiger partial charge on any atom is 0.322 e. The second-order valence-electron chi connectivity index (χ2n) is 4.90. The first-order valence-electron chi connectivity index (χ1n) is 7.66. The lowest BCUT2D eigenvalue weighted by Gasteiger charge is -2.11. The molecule has 0 saturated carbocycles. The molecule has 0 saturated heterocycles. The largest absolute Gasteiger partial charge is 0.464 e. The van der Waals surface area contributed by atoms with Gasteiger partial charge in [-0.05, 0) is 18.9 Å². The summed E-state index contributed by atoms with van der Waals surface area (Å²) in [5, 5.41) is 0. The summed E-state index contributed by atoms with van der Waals surface area (Å²) in [5.41, 5.74) is 7.72. The predicted molar refractivity (Wildman–Crippen MR) is 86.2 cm³/mol. The Bertz CT molecular complexity index is 651. The van der Waals surface area contributed by atoms with Crippen molar-refractivity contribution in [2.45, 2.75) is 39.8 Å². The second-order valence-corrected chi connectivity index (χ2v) is 4.90. The first-order valence-corrected chi connectivity index (χ1v) is 7.66. The lowest BCUT2D eigenvalue weighted by atomic mass is 10.2. The molecule has 0 bridgehead atoms. The Hall–Kier alpha value is -2.37. The van der Waals surface area contributed by atoms with Crippen LogP contribution >= 0.6 is 0 Å². The third-order valence-electron chi connectivity index (χ3n) is 3.18. The van der Waals surface area contributed by atoms with Crippen LogP contribution in [-0.2, 0) is 13.1 Å². The molecule has 2 N–H and O–H groups in total. The molecule has 118 valence electrons. The van der Waals surface area contributed by atoms with Crippen LogP contribution in [0.4, 0.5) is 5.95 Å². The number of nitrogen functional groups attached to an aromatic ring is 1. The van der Waals surface area contributed by atoms with Crippen molar-refractivity contribution in [3.63, 3.8) is 0 Å². The van der Waals surface area contributed by atoms with Gasteiger partial charge in [-0.15, -0.1) is 0 Å². The minimum absolute atomic E-state index is 0.277. The van der Waals surface area contributed by atoms with E-state index in [-0.39, 0.29) is 6.01 Å². The molecule has 1 aromatic heterocycles. The molecule has 1 heterocycles. The fourth-order valence-corrected chi connectivity index (χ4v) is 2.02. The van der Waals surface area contributed by atoms with E-state index in [9.17, 15) is 0 Å². The highest BCUT2D eigenvalue weighted by Gasteiger charge is 2.06. The van der Waals surface area contributed by atoms with Crippen molar-refractivity contribution in [2.75, 3.05) is 12.3 Å². The van der Waals surface area contributed by atoms with Crippen molar-refractivity contribution >= 4 is 5.95 Å². The van der Waals surface area contributed by atoms with Crippen molar-refractivity contribution in [1.29, 1.82) is 0 Å². The van der Waals surface area contributed by atoms with Crippen LogP contribution in [0, 0.1) is 0 Å². The van der Waals surface area contributed by atoms with Gasteiger partial charge in [-0.25, -0.2) is 4.99 Å². The Balaban J connectivity index is 2.36. The summed E-state index contributed by atoms with van der Waals surface area (Å²) in [6.45, 7) is 5.82. The van der Waals surface area contributed by atoms with Gasteiger partial charge in [0.05, 0.1) is 13.2 Å². The molecular weight excluding hydrogens is 278 g/mol. The predicted octanol–water partition coefficient (Wildman–Crippen LogP) is 2.16. The van der Waals surface area contributed by atoms with Gasteiger partial charge < -0.3 is 10.5 Å². The minimum atomic E-state index is 0.277. The highest BCUT2D eigenvalue weighted by atomic mass is 16.5. The number of unbranched alkanes of at least 4 members (excludes halogenated alkanes) is 1. The van der Waals surface area contributed by atoms with E-state index in [1.54, 1.807) is 0 Å². The third-order valence-corrected chi connectivity index (χ3v) is 3.18. The Kier molecular flexibility index (Phi) is 5.94. The zero-order valence-electron chi connectivity index (χ0n) is 13.2. The number of aromatic nitrogens is 3. The number of nitrogens with two attached hydrogens (primary N) is 1. The quantitative estimate of drug-likeness (QED) is 0.850. The molecule has 22 heavy (non-hydrogen) atoms. The van der Waals surface area contributed by atoms with Crippen LogP contribution in [0.1, 0.15) is 32.3 Å². The molecule has 1 aromatic carbocycles. The summed E-state index contributed by atoms with van der Waals surface area (Å²) in [6, 6.07) is 10.3. The Morgan fingerprint density at radius 1 is 1.18 bits per heavy atom. The van der Waals surface area contributed by atoms with Gasteiger partial charge in [0.15, 0.2) is 0 Å². The molecule has 6 heteroatoms. The van der Waals surface area contributed by atoms with Crippen molar-refractivity contribution in [3.05, 3.63) is 41.5 Å². The summed E-state index contributed by atoms with van der Waals surface area (Å²) in [5.74, 6) is 0.388. The van der Waals surface area contributed by atoms with Gasteiger partial charge >= 0.3 is 6.01 Å². The number of hydrogen-bond donors (Lipinski definition) is 1.